The molecule has 1 aromatic rings. The third kappa shape index (κ3) is 2.11. The van der Waals surface area contributed by atoms with Crippen molar-refractivity contribution in [2.24, 2.45) is 5.41 Å². The lowest BCUT2D eigenvalue weighted by atomic mass is 9.79. The van der Waals surface area contributed by atoms with Gasteiger partial charge in [-0.25, -0.2) is 4.79 Å². The number of aliphatic hydroxyl groups excluding tert-OH is 2. The largest absolute Gasteiger partial charge is 0.482 e. The number of hydrogen-bond acceptors (Lipinski definition) is 4. The third-order valence-electron chi connectivity index (χ3n) is 5.08. The van der Waals surface area contributed by atoms with E-state index < -0.39 is 30.2 Å². The molecule has 0 bridgehead atoms. The Hall–Kier alpha value is -1.30. The maximum Gasteiger partial charge on any atom is 0.341 e. The molecule has 22 heavy (non-hydrogen) atoms. The number of carbonyl (C=O) groups is 1. The molecule has 0 heterocycles. The number of ether oxygens (including phenoxy) is 1. The van der Waals surface area contributed by atoms with Crippen LogP contribution in [0.3, 0.4) is 0 Å². The van der Waals surface area contributed by atoms with E-state index in [1.165, 1.54) is 0 Å². The summed E-state index contributed by atoms with van der Waals surface area (Å²) in [5.41, 5.74) is 1.15. The lowest BCUT2D eigenvalue weighted by Crippen LogP contribution is -2.26. The third-order valence-corrected chi connectivity index (χ3v) is 5.56. The molecule has 5 nitrogen and oxygen atoms in total. The highest BCUT2D eigenvalue weighted by molar-refractivity contribution is 6.32. The van der Waals surface area contributed by atoms with Gasteiger partial charge in [0.2, 0.25) is 0 Å². The average molecular weight is 327 g/mol. The number of hydrogen-bond donors (Lipinski definition) is 3. The fourth-order valence-electron chi connectivity index (χ4n) is 3.88. The van der Waals surface area contributed by atoms with Gasteiger partial charge in [-0.15, -0.1) is 0 Å². The predicted octanol–water partition coefficient (Wildman–Crippen LogP) is 2.75. The minimum Gasteiger partial charge on any atom is -0.482 e. The maximum absolute atomic E-state index is 10.7. The number of aliphatic hydroxyl groups is 2. The summed E-state index contributed by atoms with van der Waals surface area (Å²) in [7, 11) is 0. The first-order valence-electron chi connectivity index (χ1n) is 7.42. The zero-order chi connectivity index (χ0) is 16.1. The molecular weight excluding hydrogens is 308 g/mol. The van der Waals surface area contributed by atoms with E-state index in [1.54, 1.807) is 13.0 Å². The minimum atomic E-state index is -1.08. The molecule has 0 aliphatic heterocycles. The number of aliphatic carboxylic acids is 1. The normalized spacial score (nSPS) is 25.5. The molecule has 2 atom stereocenters. The van der Waals surface area contributed by atoms with Gasteiger partial charge in [0.05, 0.1) is 17.2 Å². The molecule has 2 aliphatic rings. The second-order valence-corrected chi connectivity index (χ2v) is 6.62. The van der Waals surface area contributed by atoms with Crippen LogP contribution in [0.15, 0.2) is 6.07 Å². The Kier molecular flexibility index (Phi) is 3.83. The summed E-state index contributed by atoms with van der Waals surface area (Å²) in [6.07, 6.45) is 1.86. The maximum atomic E-state index is 10.7. The quantitative estimate of drug-likeness (QED) is 0.795. The van der Waals surface area contributed by atoms with Crippen molar-refractivity contribution < 1.29 is 24.9 Å². The first-order valence-corrected chi connectivity index (χ1v) is 7.80. The van der Waals surface area contributed by atoms with E-state index in [4.69, 9.17) is 21.4 Å². The van der Waals surface area contributed by atoms with Crippen LogP contribution in [0.1, 0.15) is 54.6 Å². The van der Waals surface area contributed by atoms with Crippen molar-refractivity contribution in [3.8, 4) is 5.75 Å². The fraction of sp³-hybridized carbons (Fsp3) is 0.562. The first-order chi connectivity index (χ1) is 10.4. The van der Waals surface area contributed by atoms with Crippen molar-refractivity contribution >= 4 is 17.6 Å². The van der Waals surface area contributed by atoms with Gasteiger partial charge in [-0.3, -0.25) is 0 Å². The SMILES string of the molecule is Cc1c(OCC(=O)O)cc2c(c1Cl)C(O)C1(CCCC1)C2O. The molecule has 0 saturated heterocycles. The molecule has 2 aliphatic carbocycles. The summed E-state index contributed by atoms with van der Waals surface area (Å²) >= 11 is 6.38. The van der Waals surface area contributed by atoms with Crippen LogP contribution in [0.4, 0.5) is 0 Å². The van der Waals surface area contributed by atoms with Crippen molar-refractivity contribution in [1.82, 2.24) is 0 Å². The molecule has 3 rings (SSSR count). The summed E-state index contributed by atoms with van der Waals surface area (Å²) in [6.45, 7) is 1.25. The summed E-state index contributed by atoms with van der Waals surface area (Å²) in [6, 6.07) is 1.63. The van der Waals surface area contributed by atoms with Crippen LogP contribution in [0, 0.1) is 12.3 Å². The lowest BCUT2D eigenvalue weighted by molar-refractivity contribution is -0.139. The Morgan fingerprint density at radius 1 is 1.36 bits per heavy atom. The van der Waals surface area contributed by atoms with Crippen LogP contribution >= 0.6 is 11.6 Å². The molecule has 3 N–H and O–H groups in total. The summed E-state index contributed by atoms with van der Waals surface area (Å²) in [5, 5.41) is 30.6. The van der Waals surface area contributed by atoms with Gasteiger partial charge >= 0.3 is 5.97 Å². The number of carboxylic acid groups (broad SMARTS) is 1. The monoisotopic (exact) mass is 326 g/mol. The molecular formula is C16H19ClO5. The van der Waals surface area contributed by atoms with Crippen molar-refractivity contribution in [3.05, 3.63) is 27.8 Å². The Balaban J connectivity index is 2.05. The molecule has 6 heteroatoms. The molecule has 1 aromatic carbocycles. The summed E-state index contributed by atoms with van der Waals surface area (Å²) in [4.78, 5) is 10.7. The topological polar surface area (TPSA) is 87.0 Å². The van der Waals surface area contributed by atoms with Crippen LogP contribution < -0.4 is 4.74 Å². The molecule has 1 fully saturated rings. The average Bonchev–Trinajstić information content (AvgIpc) is 3.04. The molecule has 2 unspecified atom stereocenters. The summed E-state index contributed by atoms with van der Waals surface area (Å²) in [5.74, 6) is -0.740. The predicted molar refractivity (Wildman–Crippen MR) is 80.1 cm³/mol. The molecule has 0 aromatic heterocycles. The molecule has 0 amide bonds. The summed E-state index contributed by atoms with van der Waals surface area (Å²) < 4.78 is 5.26. The van der Waals surface area contributed by atoms with Gasteiger partial charge in [0.1, 0.15) is 5.75 Å². The van der Waals surface area contributed by atoms with Crippen molar-refractivity contribution in [1.29, 1.82) is 0 Å². The number of benzene rings is 1. The smallest absolute Gasteiger partial charge is 0.341 e. The highest BCUT2D eigenvalue weighted by Gasteiger charge is 2.54. The van der Waals surface area contributed by atoms with Crippen LogP contribution in [-0.2, 0) is 4.79 Å². The number of rotatable bonds is 3. The van der Waals surface area contributed by atoms with Crippen molar-refractivity contribution in [3.63, 3.8) is 0 Å². The van der Waals surface area contributed by atoms with E-state index in [0.717, 1.165) is 25.7 Å². The molecule has 0 radical (unpaired) electrons. The van der Waals surface area contributed by atoms with Gasteiger partial charge in [-0.2, -0.15) is 0 Å². The minimum absolute atomic E-state index is 0.340. The van der Waals surface area contributed by atoms with Gasteiger partial charge < -0.3 is 20.1 Å². The van der Waals surface area contributed by atoms with Crippen molar-refractivity contribution in [2.75, 3.05) is 6.61 Å². The molecule has 1 spiro atoms. The highest BCUT2D eigenvalue weighted by atomic mass is 35.5. The van der Waals surface area contributed by atoms with Crippen LogP contribution in [0.2, 0.25) is 5.02 Å². The van der Waals surface area contributed by atoms with Crippen LogP contribution in [0.5, 0.6) is 5.75 Å². The van der Waals surface area contributed by atoms with E-state index in [9.17, 15) is 15.0 Å². The Morgan fingerprint density at radius 2 is 2.00 bits per heavy atom. The van der Waals surface area contributed by atoms with E-state index in [2.05, 4.69) is 0 Å². The number of fused-ring (bicyclic) bond motifs is 1. The molecule has 120 valence electrons. The highest BCUT2D eigenvalue weighted by Crippen LogP contribution is 2.63. The molecule has 1 saturated carbocycles. The number of halogens is 1. The van der Waals surface area contributed by atoms with Gasteiger partial charge in [0.15, 0.2) is 6.61 Å². The lowest BCUT2D eigenvalue weighted by Gasteiger charge is -2.31. The van der Waals surface area contributed by atoms with Gasteiger partial charge in [0.25, 0.3) is 0 Å². The zero-order valence-electron chi connectivity index (χ0n) is 12.3. The van der Waals surface area contributed by atoms with Gasteiger partial charge in [-0.05, 0) is 31.4 Å². The fourth-order valence-corrected chi connectivity index (χ4v) is 4.19. The van der Waals surface area contributed by atoms with Gasteiger partial charge in [-0.1, -0.05) is 24.4 Å². The van der Waals surface area contributed by atoms with E-state index in [-0.39, 0.29) is 0 Å². The standard InChI is InChI=1S/C16H19ClO5/c1-8-10(22-7-11(18)19)6-9-12(13(8)17)15(21)16(14(9)20)4-2-3-5-16/h6,14-15,20-21H,2-5,7H2,1H3,(H,18,19). The Bertz CT molecular complexity index is 621. The Labute approximate surface area is 133 Å². The number of carboxylic acids is 1. The second-order valence-electron chi connectivity index (χ2n) is 6.24. The van der Waals surface area contributed by atoms with Crippen LogP contribution in [-0.4, -0.2) is 27.9 Å². The second kappa shape index (κ2) is 5.41. The Morgan fingerprint density at radius 3 is 2.59 bits per heavy atom. The van der Waals surface area contributed by atoms with Gasteiger partial charge in [0, 0.05) is 16.5 Å². The van der Waals surface area contributed by atoms with E-state index in [0.29, 0.717) is 27.5 Å². The van der Waals surface area contributed by atoms with Crippen LogP contribution in [0.25, 0.3) is 0 Å². The van der Waals surface area contributed by atoms with E-state index in [1.807, 2.05) is 0 Å². The first kappa shape index (κ1) is 15.6. The zero-order valence-corrected chi connectivity index (χ0v) is 13.1. The van der Waals surface area contributed by atoms with E-state index >= 15 is 0 Å². The van der Waals surface area contributed by atoms with Crippen molar-refractivity contribution in [2.45, 2.75) is 44.8 Å².